The number of phosphoric ester groups is 2. The fourth-order valence-electron chi connectivity index (χ4n) is 9.28. The molecule has 0 aromatic rings. The summed E-state index contributed by atoms with van der Waals surface area (Å²) in [6.45, 7) is 4.82. The minimum Gasteiger partial charge on any atom is -0.462 e. The zero-order valence-corrected chi connectivity index (χ0v) is 53.5. The van der Waals surface area contributed by atoms with Crippen molar-refractivity contribution < 1.29 is 80.2 Å². The van der Waals surface area contributed by atoms with Gasteiger partial charge in [-0.05, 0) is 25.7 Å². The molecule has 0 radical (unpaired) electrons. The first-order valence-electron chi connectivity index (χ1n) is 32.8. The van der Waals surface area contributed by atoms with Crippen LogP contribution in [0.1, 0.15) is 317 Å². The van der Waals surface area contributed by atoms with E-state index >= 15 is 0 Å². The number of carbonyl (C=O) groups excluding carboxylic acids is 4. The van der Waals surface area contributed by atoms with Gasteiger partial charge >= 0.3 is 39.5 Å². The molecule has 2 unspecified atom stereocenters. The van der Waals surface area contributed by atoms with Crippen LogP contribution in [0.2, 0.25) is 0 Å². The Morgan fingerprint density at radius 1 is 0.296 bits per heavy atom. The molecule has 0 spiro atoms. The molecule has 0 aromatic carbocycles. The van der Waals surface area contributed by atoms with E-state index in [0.717, 1.165) is 103 Å². The fourth-order valence-corrected chi connectivity index (χ4v) is 10.9. The van der Waals surface area contributed by atoms with Crippen LogP contribution in [0.15, 0.2) is 0 Å². The van der Waals surface area contributed by atoms with E-state index in [1.165, 1.54) is 135 Å². The zero-order chi connectivity index (χ0) is 59.8. The molecule has 0 aliphatic heterocycles. The monoisotopic (exact) mass is 1200 g/mol. The Hall–Kier alpha value is -1.94. The summed E-state index contributed by atoms with van der Waals surface area (Å²) in [5.41, 5.74) is 0. The third-order valence-electron chi connectivity index (χ3n) is 14.4. The second kappa shape index (κ2) is 57.2. The molecule has 480 valence electrons. The molecule has 0 fully saturated rings. The Morgan fingerprint density at radius 3 is 0.728 bits per heavy atom. The normalized spacial score (nSPS) is 14.2. The lowest BCUT2D eigenvalue weighted by molar-refractivity contribution is -0.161. The van der Waals surface area contributed by atoms with Gasteiger partial charge in [0.05, 0.1) is 26.4 Å². The molecule has 81 heavy (non-hydrogen) atoms. The van der Waals surface area contributed by atoms with Crippen LogP contribution in [0.3, 0.4) is 0 Å². The van der Waals surface area contributed by atoms with Crippen LogP contribution >= 0.6 is 15.6 Å². The molecule has 17 nitrogen and oxygen atoms in total. The van der Waals surface area contributed by atoms with Crippen molar-refractivity contribution in [2.24, 2.45) is 0 Å². The third-order valence-corrected chi connectivity index (χ3v) is 16.3. The largest absolute Gasteiger partial charge is 0.472 e. The molecule has 0 heterocycles. The van der Waals surface area contributed by atoms with Crippen LogP contribution in [0.25, 0.3) is 0 Å². The van der Waals surface area contributed by atoms with E-state index in [9.17, 15) is 43.2 Å². The minimum atomic E-state index is -4.94. The van der Waals surface area contributed by atoms with Crippen molar-refractivity contribution in [3.63, 3.8) is 0 Å². The Kier molecular flexibility index (Phi) is 55.8. The van der Waals surface area contributed by atoms with E-state index < -0.39 is 97.5 Å². The van der Waals surface area contributed by atoms with E-state index in [1.54, 1.807) is 0 Å². The number of rotatable bonds is 63. The topological polar surface area (TPSA) is 237 Å². The molecule has 5 atom stereocenters. The Morgan fingerprint density at radius 2 is 0.494 bits per heavy atom. The highest BCUT2D eigenvalue weighted by molar-refractivity contribution is 7.47. The molecule has 0 rings (SSSR count). The van der Waals surface area contributed by atoms with E-state index in [4.69, 9.17) is 37.0 Å². The quantitative estimate of drug-likeness (QED) is 0.0222. The fraction of sp³-hybridized carbons (Fsp3) is 0.935. The first kappa shape index (κ1) is 79.1. The van der Waals surface area contributed by atoms with Crippen molar-refractivity contribution in [2.45, 2.75) is 335 Å². The predicted molar refractivity (Wildman–Crippen MR) is 322 cm³/mol. The number of aliphatic hydroxyl groups excluding tert-OH is 1. The van der Waals surface area contributed by atoms with Crippen molar-refractivity contribution in [1.29, 1.82) is 0 Å². The van der Waals surface area contributed by atoms with Gasteiger partial charge < -0.3 is 33.8 Å². The van der Waals surface area contributed by atoms with Crippen LogP contribution < -0.4 is 0 Å². The van der Waals surface area contributed by atoms with Crippen LogP contribution in [0.5, 0.6) is 0 Å². The lowest BCUT2D eigenvalue weighted by atomic mass is 10.0. The SMILES string of the molecule is CCCCCCCCCCCCCCCCCC(=O)O[C@H](COC(=O)CCCCCCCCCCCC)COP(=O)(O)OC[C@@H](O)COP(=O)(O)OC[C@@H](COC(=O)CCCCCCCCC)OC(=O)CCCCCCCCCCC. The van der Waals surface area contributed by atoms with E-state index in [-0.39, 0.29) is 25.7 Å². The molecule has 3 N–H and O–H groups in total. The van der Waals surface area contributed by atoms with Gasteiger partial charge in [-0.25, -0.2) is 9.13 Å². The van der Waals surface area contributed by atoms with Crippen LogP contribution in [0.4, 0.5) is 0 Å². The molecule has 0 saturated heterocycles. The second-order valence-corrected chi connectivity index (χ2v) is 25.4. The van der Waals surface area contributed by atoms with Crippen LogP contribution in [0, 0.1) is 0 Å². The first-order chi connectivity index (χ1) is 39.2. The predicted octanol–water partition coefficient (Wildman–Crippen LogP) is 17.2. The van der Waals surface area contributed by atoms with E-state index in [1.807, 2.05) is 0 Å². The number of hydrogen-bond donors (Lipinski definition) is 3. The standard InChI is InChI=1S/C62H120O17P2/c1-5-9-13-17-21-24-26-27-28-29-30-33-37-41-45-49-62(67)79-58(53-73-60(65)47-43-39-35-32-25-22-18-14-10-6-2)55-77-81(70,71)75-51-56(63)50-74-80(68,69)76-54-57(52-72-59(64)46-42-38-34-20-16-12-8-4)78-61(66)48-44-40-36-31-23-19-15-11-7-3/h56-58,63H,5-55H2,1-4H3,(H,68,69)(H,70,71)/t56-,57+,58+/m0/s1. The van der Waals surface area contributed by atoms with E-state index in [0.29, 0.717) is 25.7 Å². The molecule has 0 aliphatic carbocycles. The lowest BCUT2D eigenvalue weighted by Crippen LogP contribution is -2.30. The summed E-state index contributed by atoms with van der Waals surface area (Å²) in [5, 5.41) is 10.5. The maximum Gasteiger partial charge on any atom is 0.472 e. The number of phosphoric acid groups is 2. The molecule has 0 bridgehead atoms. The average Bonchev–Trinajstić information content (AvgIpc) is 3.44. The molecule has 19 heteroatoms. The lowest BCUT2D eigenvalue weighted by Gasteiger charge is -2.21. The smallest absolute Gasteiger partial charge is 0.462 e. The van der Waals surface area contributed by atoms with Gasteiger partial charge in [-0.2, -0.15) is 0 Å². The number of esters is 4. The second-order valence-electron chi connectivity index (χ2n) is 22.4. The molecule has 0 aliphatic rings. The first-order valence-corrected chi connectivity index (χ1v) is 35.8. The molecule has 0 amide bonds. The van der Waals surface area contributed by atoms with Crippen molar-refractivity contribution in [1.82, 2.24) is 0 Å². The summed E-state index contributed by atoms with van der Waals surface area (Å²) in [6, 6.07) is 0. The summed E-state index contributed by atoms with van der Waals surface area (Å²) in [5.74, 6) is -2.14. The van der Waals surface area contributed by atoms with Gasteiger partial charge in [0.25, 0.3) is 0 Å². The van der Waals surface area contributed by atoms with E-state index in [2.05, 4.69) is 27.7 Å². The molecular weight excluding hydrogens is 1080 g/mol. The summed E-state index contributed by atoms with van der Waals surface area (Å²) < 4.78 is 67.8. The van der Waals surface area contributed by atoms with Gasteiger partial charge in [0.1, 0.15) is 19.3 Å². The van der Waals surface area contributed by atoms with Gasteiger partial charge in [-0.15, -0.1) is 0 Å². The summed E-state index contributed by atoms with van der Waals surface area (Å²) in [4.78, 5) is 71.9. The number of ether oxygens (including phenoxy) is 4. The summed E-state index contributed by atoms with van der Waals surface area (Å²) >= 11 is 0. The zero-order valence-electron chi connectivity index (χ0n) is 51.7. The maximum atomic E-state index is 12.9. The van der Waals surface area contributed by atoms with Gasteiger partial charge in [0.2, 0.25) is 0 Å². The highest BCUT2D eigenvalue weighted by Crippen LogP contribution is 2.45. The number of unbranched alkanes of at least 4 members (excludes halogenated alkanes) is 37. The third kappa shape index (κ3) is 56.9. The highest BCUT2D eigenvalue weighted by atomic mass is 31.2. The number of aliphatic hydroxyl groups is 1. The summed E-state index contributed by atoms with van der Waals surface area (Å²) in [6.07, 6.45) is 41.7. The Labute approximate surface area is 492 Å². The Balaban J connectivity index is 5.19. The van der Waals surface area contributed by atoms with Gasteiger partial charge in [0, 0.05) is 25.7 Å². The van der Waals surface area contributed by atoms with Crippen molar-refractivity contribution >= 4 is 39.5 Å². The summed E-state index contributed by atoms with van der Waals surface area (Å²) in [7, 11) is -9.87. The van der Waals surface area contributed by atoms with Gasteiger partial charge in [-0.3, -0.25) is 37.3 Å². The maximum absolute atomic E-state index is 12.9. The number of hydrogen-bond acceptors (Lipinski definition) is 15. The number of carbonyl (C=O) groups is 4. The molecular formula is C62H120O17P2. The van der Waals surface area contributed by atoms with Gasteiger partial charge in [-0.1, -0.05) is 265 Å². The van der Waals surface area contributed by atoms with Crippen LogP contribution in [-0.4, -0.2) is 96.7 Å². The van der Waals surface area contributed by atoms with Crippen molar-refractivity contribution in [3.8, 4) is 0 Å². The Bertz CT molecular complexity index is 1570. The highest BCUT2D eigenvalue weighted by Gasteiger charge is 2.30. The van der Waals surface area contributed by atoms with Crippen molar-refractivity contribution in [2.75, 3.05) is 39.6 Å². The van der Waals surface area contributed by atoms with Crippen LogP contribution in [-0.2, 0) is 65.4 Å². The molecule has 0 saturated carbocycles. The average molecular weight is 1200 g/mol. The van der Waals surface area contributed by atoms with Gasteiger partial charge in [0.15, 0.2) is 12.2 Å². The van der Waals surface area contributed by atoms with Crippen molar-refractivity contribution in [3.05, 3.63) is 0 Å². The molecule has 0 aromatic heterocycles. The minimum absolute atomic E-state index is 0.106.